The Morgan fingerprint density at radius 2 is 1.94 bits per heavy atom. The normalized spacial score (nSPS) is 17.5. The van der Waals surface area contributed by atoms with Gasteiger partial charge in [-0.1, -0.05) is 6.92 Å². The Morgan fingerprint density at radius 3 is 2.58 bits per heavy atom. The van der Waals surface area contributed by atoms with E-state index in [4.69, 9.17) is 4.98 Å². The van der Waals surface area contributed by atoms with Crippen LogP contribution in [-0.4, -0.2) is 83.3 Å². The van der Waals surface area contributed by atoms with E-state index in [0.29, 0.717) is 48.1 Å². The zero-order chi connectivity index (χ0) is 23.7. The van der Waals surface area contributed by atoms with Crippen LogP contribution in [0.2, 0.25) is 0 Å². The van der Waals surface area contributed by atoms with Crippen molar-refractivity contribution >= 4 is 28.8 Å². The van der Waals surface area contributed by atoms with E-state index in [1.54, 1.807) is 29.2 Å². The Hall–Kier alpha value is -3.63. The van der Waals surface area contributed by atoms with Crippen LogP contribution in [-0.2, 0) is 16.1 Å². The first-order valence-corrected chi connectivity index (χ1v) is 11.1. The number of anilines is 1. The van der Waals surface area contributed by atoms with Gasteiger partial charge in [-0.25, -0.2) is 24.9 Å². The van der Waals surface area contributed by atoms with Crippen LogP contribution in [0.5, 0.6) is 0 Å². The summed E-state index contributed by atoms with van der Waals surface area (Å²) in [5.41, 5.74) is 2.01. The highest BCUT2D eigenvalue weighted by Crippen LogP contribution is 2.27. The summed E-state index contributed by atoms with van der Waals surface area (Å²) in [6, 6.07) is -0.567. The lowest BCUT2D eigenvalue weighted by atomic mass is 10.1. The van der Waals surface area contributed by atoms with Crippen molar-refractivity contribution in [3.63, 3.8) is 0 Å². The Kier molecular flexibility index (Phi) is 6.21. The van der Waals surface area contributed by atoms with E-state index in [-0.39, 0.29) is 24.4 Å². The number of carbonyl (C=O) groups excluding carboxylic acids is 2. The number of rotatable bonds is 6. The Morgan fingerprint density at radius 1 is 1.21 bits per heavy atom. The number of likely N-dealkylation sites (N-methyl/N-ethyl adjacent to an activating group) is 1. The van der Waals surface area contributed by atoms with Gasteiger partial charge in [0.15, 0.2) is 17.0 Å². The SMILES string of the molecule is CC[C@@H](Nc1ncnc2c1nc(-c1cnc(C)nc1)n2CC)C(=O)N1CC(=O)N(C)[C@@H](C)C1. The maximum atomic E-state index is 13.3. The monoisotopic (exact) mass is 451 g/mol. The van der Waals surface area contributed by atoms with Gasteiger partial charge in [-0.3, -0.25) is 9.59 Å². The minimum Gasteiger partial charge on any atom is -0.356 e. The molecule has 1 aliphatic heterocycles. The predicted octanol–water partition coefficient (Wildman–Crippen LogP) is 1.49. The minimum absolute atomic E-state index is 0.0296. The number of aromatic nitrogens is 6. The summed E-state index contributed by atoms with van der Waals surface area (Å²) in [7, 11) is 1.77. The van der Waals surface area contributed by atoms with Crippen LogP contribution in [0.15, 0.2) is 18.7 Å². The molecule has 0 aromatic carbocycles. The van der Waals surface area contributed by atoms with Crippen LogP contribution in [0.4, 0.5) is 5.82 Å². The van der Waals surface area contributed by atoms with E-state index in [9.17, 15) is 9.59 Å². The van der Waals surface area contributed by atoms with Crippen molar-refractivity contribution in [1.82, 2.24) is 39.3 Å². The fourth-order valence-electron chi connectivity index (χ4n) is 3.99. The molecule has 11 nitrogen and oxygen atoms in total. The van der Waals surface area contributed by atoms with Crippen LogP contribution >= 0.6 is 0 Å². The summed E-state index contributed by atoms with van der Waals surface area (Å²) in [5, 5.41) is 3.26. The standard InChI is InChI=1S/C22H29N9O2/c1-6-16(22(33)30-10-13(3)29(5)17(32)11-30)27-19-18-21(26-12-25-19)31(7-2)20(28-18)15-8-23-14(4)24-9-15/h8-9,12-13,16H,6-7,10-11H2,1-5H3,(H,25,26,27)/t13-,16+/m0/s1. The second-order valence-corrected chi connectivity index (χ2v) is 8.27. The summed E-state index contributed by atoms with van der Waals surface area (Å²) < 4.78 is 1.97. The third-order valence-corrected chi connectivity index (χ3v) is 6.08. The number of imidazole rings is 1. The number of hydrogen-bond donors (Lipinski definition) is 1. The summed E-state index contributed by atoms with van der Waals surface area (Å²) in [5.74, 6) is 1.66. The minimum atomic E-state index is -0.538. The van der Waals surface area contributed by atoms with E-state index in [1.807, 2.05) is 32.3 Å². The number of fused-ring (bicyclic) bond motifs is 1. The summed E-state index contributed by atoms with van der Waals surface area (Å²) in [4.78, 5) is 51.0. The van der Waals surface area contributed by atoms with Crippen molar-refractivity contribution in [1.29, 1.82) is 0 Å². The maximum absolute atomic E-state index is 13.3. The van der Waals surface area contributed by atoms with Gasteiger partial charge in [0, 0.05) is 38.6 Å². The lowest BCUT2D eigenvalue weighted by Crippen LogP contribution is -2.57. The van der Waals surface area contributed by atoms with Gasteiger partial charge in [-0.2, -0.15) is 0 Å². The van der Waals surface area contributed by atoms with Gasteiger partial charge in [-0.05, 0) is 27.2 Å². The molecular weight excluding hydrogens is 422 g/mol. The summed E-state index contributed by atoms with van der Waals surface area (Å²) in [6.45, 7) is 8.94. The molecule has 0 spiro atoms. The average Bonchev–Trinajstić information content (AvgIpc) is 3.20. The third-order valence-electron chi connectivity index (χ3n) is 6.08. The number of aryl methyl sites for hydroxylation is 2. The summed E-state index contributed by atoms with van der Waals surface area (Å²) >= 11 is 0. The molecule has 4 rings (SSSR count). The van der Waals surface area contributed by atoms with Crippen LogP contribution < -0.4 is 5.32 Å². The van der Waals surface area contributed by atoms with Gasteiger partial charge < -0.3 is 19.7 Å². The van der Waals surface area contributed by atoms with Crippen molar-refractivity contribution < 1.29 is 9.59 Å². The summed E-state index contributed by atoms with van der Waals surface area (Å²) in [6.07, 6.45) is 5.47. The zero-order valence-corrected chi connectivity index (χ0v) is 19.6. The zero-order valence-electron chi connectivity index (χ0n) is 19.6. The van der Waals surface area contributed by atoms with Gasteiger partial charge in [0.1, 0.15) is 24.0 Å². The Balaban J connectivity index is 1.66. The Bertz CT molecular complexity index is 1170. The number of piperazine rings is 1. The second-order valence-electron chi connectivity index (χ2n) is 8.27. The molecule has 0 bridgehead atoms. The maximum Gasteiger partial charge on any atom is 0.245 e. The van der Waals surface area contributed by atoms with Crippen molar-refractivity contribution in [3.8, 4) is 11.4 Å². The van der Waals surface area contributed by atoms with E-state index in [0.717, 1.165) is 5.56 Å². The number of nitrogens with zero attached hydrogens (tertiary/aromatic N) is 8. The van der Waals surface area contributed by atoms with Gasteiger partial charge in [0.05, 0.1) is 12.1 Å². The highest BCUT2D eigenvalue weighted by Gasteiger charge is 2.33. The molecule has 0 aliphatic carbocycles. The fraction of sp³-hybridized carbons (Fsp3) is 0.500. The van der Waals surface area contributed by atoms with Crippen LogP contribution in [0.25, 0.3) is 22.6 Å². The van der Waals surface area contributed by atoms with Crippen molar-refractivity contribution in [2.45, 2.75) is 52.7 Å². The van der Waals surface area contributed by atoms with Crippen LogP contribution in [0.1, 0.15) is 33.0 Å². The number of carbonyl (C=O) groups is 2. The highest BCUT2D eigenvalue weighted by atomic mass is 16.2. The number of amides is 2. The molecule has 2 amide bonds. The van der Waals surface area contributed by atoms with Gasteiger partial charge in [-0.15, -0.1) is 0 Å². The molecule has 1 saturated heterocycles. The average molecular weight is 452 g/mol. The van der Waals surface area contributed by atoms with Crippen LogP contribution in [0, 0.1) is 6.92 Å². The highest BCUT2D eigenvalue weighted by molar-refractivity contribution is 5.92. The van der Waals surface area contributed by atoms with Gasteiger partial charge in [0.2, 0.25) is 11.8 Å². The number of hydrogen-bond acceptors (Lipinski definition) is 8. The fourth-order valence-corrected chi connectivity index (χ4v) is 3.99. The first-order valence-electron chi connectivity index (χ1n) is 11.1. The topological polar surface area (TPSA) is 122 Å². The molecule has 1 fully saturated rings. The molecule has 4 heterocycles. The molecule has 2 atom stereocenters. The van der Waals surface area contributed by atoms with E-state index >= 15 is 0 Å². The van der Waals surface area contributed by atoms with Gasteiger partial charge >= 0.3 is 0 Å². The van der Waals surface area contributed by atoms with Crippen molar-refractivity contribution in [2.75, 3.05) is 25.5 Å². The third kappa shape index (κ3) is 4.22. The lowest BCUT2D eigenvalue weighted by molar-refractivity contribution is -0.147. The lowest BCUT2D eigenvalue weighted by Gasteiger charge is -2.38. The first-order chi connectivity index (χ1) is 15.8. The quantitative estimate of drug-likeness (QED) is 0.598. The molecule has 11 heteroatoms. The van der Waals surface area contributed by atoms with Crippen molar-refractivity contribution in [3.05, 3.63) is 24.5 Å². The Labute approximate surface area is 192 Å². The molecule has 1 N–H and O–H groups in total. The van der Waals surface area contributed by atoms with Crippen LogP contribution in [0.3, 0.4) is 0 Å². The largest absolute Gasteiger partial charge is 0.356 e. The molecule has 1 aliphatic rings. The van der Waals surface area contributed by atoms with E-state index in [2.05, 4.69) is 25.3 Å². The second kappa shape index (κ2) is 9.08. The molecule has 0 unspecified atom stereocenters. The van der Waals surface area contributed by atoms with E-state index < -0.39 is 6.04 Å². The molecule has 3 aromatic heterocycles. The van der Waals surface area contributed by atoms with E-state index in [1.165, 1.54) is 6.33 Å². The number of nitrogens with one attached hydrogen (secondary N) is 1. The smallest absolute Gasteiger partial charge is 0.245 e. The molecule has 3 aromatic rings. The van der Waals surface area contributed by atoms with Crippen molar-refractivity contribution in [2.24, 2.45) is 0 Å². The first kappa shape index (κ1) is 22.6. The predicted molar refractivity (Wildman–Crippen MR) is 123 cm³/mol. The molecule has 33 heavy (non-hydrogen) atoms. The molecular formula is C22H29N9O2. The molecule has 0 saturated carbocycles. The molecule has 0 radical (unpaired) electrons. The van der Waals surface area contributed by atoms with Gasteiger partial charge in [0.25, 0.3) is 0 Å². The molecule has 174 valence electrons.